The Morgan fingerprint density at radius 3 is 2.38 bits per heavy atom. The quantitative estimate of drug-likeness (QED) is 0.388. The van der Waals surface area contributed by atoms with Crippen LogP contribution in [0.3, 0.4) is 0 Å². The highest BCUT2D eigenvalue weighted by Gasteiger charge is 2.16. The zero-order valence-corrected chi connectivity index (χ0v) is 17.5. The first kappa shape index (κ1) is 21.2. The van der Waals surface area contributed by atoms with Crippen molar-refractivity contribution >= 4 is 17.9 Å². The van der Waals surface area contributed by atoms with E-state index >= 15 is 0 Å². The molecule has 2 aromatic heterocycles. The van der Waals surface area contributed by atoms with Crippen LogP contribution in [0.2, 0.25) is 0 Å². The fraction of sp³-hybridized carbons (Fsp3) is 0.115. The molecule has 6 nitrogen and oxygen atoms in total. The van der Waals surface area contributed by atoms with Crippen LogP contribution in [0.25, 0.3) is 11.3 Å². The molecule has 6 heteroatoms. The molecule has 4 aromatic rings. The Kier molecular flexibility index (Phi) is 6.84. The van der Waals surface area contributed by atoms with Crippen LogP contribution in [0.1, 0.15) is 17.2 Å². The van der Waals surface area contributed by atoms with Gasteiger partial charge in [-0.1, -0.05) is 66.7 Å². The molecule has 0 radical (unpaired) electrons. The lowest BCUT2D eigenvalue weighted by molar-refractivity contribution is -0.107. The summed E-state index contributed by atoms with van der Waals surface area (Å²) >= 11 is 0. The maximum absolute atomic E-state index is 12.0. The Morgan fingerprint density at radius 1 is 0.938 bits per heavy atom. The largest absolute Gasteiger partial charge is 0.387 e. The minimum Gasteiger partial charge on any atom is -0.387 e. The third kappa shape index (κ3) is 5.17. The number of benzene rings is 2. The van der Waals surface area contributed by atoms with E-state index in [1.165, 1.54) is 0 Å². The molecule has 32 heavy (non-hydrogen) atoms. The molecule has 0 aliphatic rings. The van der Waals surface area contributed by atoms with Gasteiger partial charge in [-0.05, 0) is 29.3 Å². The average molecular weight is 425 g/mol. The molecule has 0 fully saturated rings. The highest BCUT2D eigenvalue weighted by molar-refractivity contribution is 5.83. The van der Waals surface area contributed by atoms with Crippen LogP contribution in [0.5, 0.6) is 0 Å². The van der Waals surface area contributed by atoms with E-state index < -0.39 is 6.10 Å². The molecule has 4 rings (SSSR count). The van der Waals surface area contributed by atoms with Gasteiger partial charge in [-0.2, -0.15) is 0 Å². The van der Waals surface area contributed by atoms with Gasteiger partial charge < -0.3 is 15.3 Å². The van der Waals surface area contributed by atoms with Gasteiger partial charge in [-0.25, -0.2) is 4.98 Å². The summed E-state index contributed by atoms with van der Waals surface area (Å²) < 4.78 is 0. The standard InChI is InChI=1S/C26H24N4O2/c31-19-30(18-20-8-7-15-27-16-20)24-14-13-23(21-9-3-1-4-10-21)29-26(24)28-17-25(32)22-11-5-2-6-12-22/h1-16,19,25,32H,17-18H2,(H,28,29). The van der Waals surface area contributed by atoms with Crippen molar-refractivity contribution in [3.05, 3.63) is 108 Å². The van der Waals surface area contributed by atoms with Gasteiger partial charge in [0, 0.05) is 24.5 Å². The lowest BCUT2D eigenvalue weighted by Crippen LogP contribution is -2.23. The zero-order chi connectivity index (χ0) is 22.2. The fourth-order valence-corrected chi connectivity index (χ4v) is 3.44. The molecule has 0 aliphatic carbocycles. The summed E-state index contributed by atoms with van der Waals surface area (Å²) in [5.41, 5.74) is 4.09. The number of pyridine rings is 2. The van der Waals surface area contributed by atoms with Gasteiger partial charge >= 0.3 is 0 Å². The van der Waals surface area contributed by atoms with Crippen molar-refractivity contribution in [2.24, 2.45) is 0 Å². The van der Waals surface area contributed by atoms with E-state index in [0.717, 1.165) is 28.8 Å². The summed E-state index contributed by atoms with van der Waals surface area (Å²) in [5.74, 6) is 0.525. The van der Waals surface area contributed by atoms with Crippen molar-refractivity contribution < 1.29 is 9.90 Å². The summed E-state index contributed by atoms with van der Waals surface area (Å²) in [6.45, 7) is 0.613. The van der Waals surface area contributed by atoms with Crippen LogP contribution in [0.4, 0.5) is 11.5 Å². The minimum absolute atomic E-state index is 0.252. The van der Waals surface area contributed by atoms with Crippen molar-refractivity contribution in [1.82, 2.24) is 9.97 Å². The molecule has 1 amide bonds. The molecule has 2 heterocycles. The number of carbonyl (C=O) groups excluding carboxylic acids is 1. The second-order valence-corrected chi connectivity index (χ2v) is 7.33. The number of aliphatic hydroxyl groups excluding tert-OH is 1. The first-order valence-corrected chi connectivity index (χ1v) is 10.4. The molecule has 0 aliphatic heterocycles. The number of amides is 1. The molecule has 1 unspecified atom stereocenters. The summed E-state index contributed by atoms with van der Waals surface area (Å²) in [6.07, 6.45) is 3.50. The van der Waals surface area contributed by atoms with Gasteiger partial charge in [0.1, 0.15) is 0 Å². The summed E-state index contributed by atoms with van der Waals surface area (Å²) in [5, 5.41) is 13.9. The monoisotopic (exact) mass is 424 g/mol. The molecule has 0 bridgehead atoms. The summed E-state index contributed by atoms with van der Waals surface area (Å²) in [6, 6.07) is 26.8. The lowest BCUT2D eigenvalue weighted by atomic mass is 10.1. The lowest BCUT2D eigenvalue weighted by Gasteiger charge is -2.22. The Bertz CT molecular complexity index is 1140. The van der Waals surface area contributed by atoms with Crippen LogP contribution in [0, 0.1) is 0 Å². The molecule has 0 saturated heterocycles. The predicted molar refractivity (Wildman–Crippen MR) is 126 cm³/mol. The average Bonchev–Trinajstić information content (AvgIpc) is 2.87. The van der Waals surface area contributed by atoms with Gasteiger partial charge in [0.25, 0.3) is 0 Å². The number of hydrogen-bond acceptors (Lipinski definition) is 5. The molecular weight excluding hydrogens is 400 g/mol. The van der Waals surface area contributed by atoms with Crippen LogP contribution < -0.4 is 10.2 Å². The van der Waals surface area contributed by atoms with Crippen LogP contribution >= 0.6 is 0 Å². The van der Waals surface area contributed by atoms with Gasteiger partial charge in [-0.15, -0.1) is 0 Å². The maximum Gasteiger partial charge on any atom is 0.214 e. The second kappa shape index (κ2) is 10.3. The second-order valence-electron chi connectivity index (χ2n) is 7.33. The number of hydrogen-bond donors (Lipinski definition) is 2. The highest BCUT2D eigenvalue weighted by atomic mass is 16.3. The first-order chi connectivity index (χ1) is 15.7. The third-order valence-corrected chi connectivity index (χ3v) is 5.10. The number of nitrogens with zero attached hydrogens (tertiary/aromatic N) is 3. The molecule has 2 N–H and O–H groups in total. The minimum atomic E-state index is -0.714. The van der Waals surface area contributed by atoms with E-state index in [1.807, 2.05) is 84.9 Å². The number of aliphatic hydroxyl groups is 1. The van der Waals surface area contributed by atoms with E-state index in [-0.39, 0.29) is 6.54 Å². The third-order valence-electron chi connectivity index (χ3n) is 5.10. The van der Waals surface area contributed by atoms with Gasteiger partial charge in [0.15, 0.2) is 5.82 Å². The van der Waals surface area contributed by atoms with Crippen molar-refractivity contribution in [2.75, 3.05) is 16.8 Å². The molecule has 160 valence electrons. The summed E-state index contributed by atoms with van der Waals surface area (Å²) in [7, 11) is 0. The number of anilines is 2. The van der Waals surface area contributed by atoms with Gasteiger partial charge in [-0.3, -0.25) is 9.78 Å². The van der Waals surface area contributed by atoms with E-state index in [2.05, 4.69) is 10.3 Å². The smallest absolute Gasteiger partial charge is 0.214 e. The van der Waals surface area contributed by atoms with E-state index in [0.29, 0.717) is 18.1 Å². The first-order valence-electron chi connectivity index (χ1n) is 10.4. The van der Waals surface area contributed by atoms with Crippen molar-refractivity contribution in [1.29, 1.82) is 0 Å². The number of aromatic nitrogens is 2. The Balaban J connectivity index is 1.64. The van der Waals surface area contributed by atoms with E-state index in [9.17, 15) is 9.90 Å². The Hall–Kier alpha value is -4.03. The van der Waals surface area contributed by atoms with Crippen molar-refractivity contribution in [3.63, 3.8) is 0 Å². The molecule has 0 spiro atoms. The number of rotatable bonds is 9. The van der Waals surface area contributed by atoms with E-state index in [4.69, 9.17) is 4.98 Å². The zero-order valence-electron chi connectivity index (χ0n) is 17.5. The molecule has 1 atom stereocenters. The number of carbonyl (C=O) groups is 1. The SMILES string of the molecule is O=CN(Cc1cccnc1)c1ccc(-c2ccccc2)nc1NCC(O)c1ccccc1. The van der Waals surface area contributed by atoms with Crippen molar-refractivity contribution in [3.8, 4) is 11.3 Å². The summed E-state index contributed by atoms with van der Waals surface area (Å²) in [4.78, 5) is 22.5. The van der Waals surface area contributed by atoms with Crippen LogP contribution in [-0.2, 0) is 11.3 Å². The van der Waals surface area contributed by atoms with E-state index in [1.54, 1.807) is 17.3 Å². The molecule has 0 saturated carbocycles. The Labute approximate surface area is 187 Å². The Morgan fingerprint density at radius 2 is 1.69 bits per heavy atom. The van der Waals surface area contributed by atoms with Crippen molar-refractivity contribution in [2.45, 2.75) is 12.6 Å². The van der Waals surface area contributed by atoms with Crippen LogP contribution in [-0.4, -0.2) is 28.0 Å². The molecule has 2 aromatic carbocycles. The fourth-order valence-electron chi connectivity index (χ4n) is 3.44. The topological polar surface area (TPSA) is 78.4 Å². The predicted octanol–water partition coefficient (Wildman–Crippen LogP) is 4.45. The highest BCUT2D eigenvalue weighted by Crippen LogP contribution is 2.29. The van der Waals surface area contributed by atoms with Gasteiger partial charge in [0.2, 0.25) is 6.41 Å². The normalized spacial score (nSPS) is 11.5. The number of nitrogens with one attached hydrogen (secondary N) is 1. The van der Waals surface area contributed by atoms with Crippen LogP contribution in [0.15, 0.2) is 97.3 Å². The van der Waals surface area contributed by atoms with Gasteiger partial charge in [0.05, 0.1) is 24.0 Å². The molecular formula is C26H24N4O2. The maximum atomic E-state index is 12.0.